The Kier molecular flexibility index (Phi) is 6.26. The Labute approximate surface area is 217 Å². The van der Waals surface area contributed by atoms with Crippen LogP contribution in [0.4, 0.5) is 20.2 Å². The van der Waals surface area contributed by atoms with Gasteiger partial charge in [0.1, 0.15) is 22.7 Å². The number of carbonyl (C=O) groups is 1. The van der Waals surface area contributed by atoms with Crippen LogP contribution < -0.4 is 21.5 Å². The number of hydrogen-bond donors (Lipinski definition) is 2. The number of benzene rings is 2. The van der Waals surface area contributed by atoms with Gasteiger partial charge in [-0.3, -0.25) is 9.59 Å². The first-order valence-electron chi connectivity index (χ1n) is 12.4. The average Bonchev–Trinajstić information content (AvgIpc) is 3.38. The van der Waals surface area contributed by atoms with E-state index in [9.17, 15) is 18.4 Å². The van der Waals surface area contributed by atoms with Gasteiger partial charge in [-0.05, 0) is 43.7 Å². The van der Waals surface area contributed by atoms with Crippen molar-refractivity contribution in [2.24, 2.45) is 12.8 Å². The van der Waals surface area contributed by atoms with Crippen LogP contribution in [0, 0.1) is 11.6 Å². The summed E-state index contributed by atoms with van der Waals surface area (Å²) in [6.45, 7) is 7.36. The van der Waals surface area contributed by atoms with E-state index >= 15 is 0 Å². The second-order valence-corrected chi connectivity index (χ2v) is 10.3. The minimum Gasteiger partial charge on any atom is -0.366 e. The molecule has 2 aromatic carbocycles. The van der Waals surface area contributed by atoms with Gasteiger partial charge in [-0.25, -0.2) is 13.8 Å². The second-order valence-electron chi connectivity index (χ2n) is 10.3. The standard InChI is InChI=1S/C27H29F2N7O2/c1-15(2)25-32-22-20(34(25)4)10-8-18(24(22)35-13-12-27(3,30)14-35)31-26(38)19-9-11-21(37)36(33-19)23-16(28)6-5-7-17(23)29/h5-11,15H,12-14,30H2,1-4H3,(H,31,38)/t27-/m1/s1. The summed E-state index contributed by atoms with van der Waals surface area (Å²) in [5.41, 5.74) is 7.28. The van der Waals surface area contributed by atoms with Crippen LogP contribution >= 0.6 is 0 Å². The number of nitrogens with one attached hydrogen (secondary N) is 1. The molecule has 3 N–H and O–H groups in total. The molecule has 3 heterocycles. The maximum absolute atomic E-state index is 14.4. The molecular formula is C27H29F2N7O2. The first kappa shape index (κ1) is 25.5. The Morgan fingerprint density at radius 3 is 2.45 bits per heavy atom. The summed E-state index contributed by atoms with van der Waals surface area (Å²) in [6, 6.07) is 9.15. The lowest BCUT2D eigenvalue weighted by molar-refractivity contribution is 0.102. The van der Waals surface area contributed by atoms with Crippen molar-refractivity contribution in [2.75, 3.05) is 23.3 Å². The highest BCUT2D eigenvalue weighted by Crippen LogP contribution is 2.38. The minimum absolute atomic E-state index is 0.181. The number of nitrogens with zero attached hydrogens (tertiary/aromatic N) is 5. The largest absolute Gasteiger partial charge is 0.366 e. The lowest BCUT2D eigenvalue weighted by atomic mass is 10.0. The Morgan fingerprint density at radius 1 is 1.11 bits per heavy atom. The van der Waals surface area contributed by atoms with Gasteiger partial charge in [0.15, 0.2) is 11.6 Å². The van der Waals surface area contributed by atoms with Crippen LogP contribution in [-0.4, -0.2) is 43.9 Å². The van der Waals surface area contributed by atoms with E-state index < -0.39 is 34.3 Å². The Morgan fingerprint density at radius 2 is 1.82 bits per heavy atom. The molecule has 1 aliphatic rings. The van der Waals surface area contributed by atoms with Crippen LogP contribution in [0.15, 0.2) is 47.3 Å². The van der Waals surface area contributed by atoms with Crippen LogP contribution in [0.1, 0.15) is 49.4 Å². The average molecular weight is 522 g/mol. The van der Waals surface area contributed by atoms with Crippen molar-refractivity contribution >= 4 is 28.3 Å². The van der Waals surface area contributed by atoms with Crippen LogP contribution in [0.5, 0.6) is 0 Å². The van der Waals surface area contributed by atoms with Crippen molar-refractivity contribution in [3.8, 4) is 5.69 Å². The maximum Gasteiger partial charge on any atom is 0.276 e. The lowest BCUT2D eigenvalue weighted by Crippen LogP contribution is -2.39. The first-order valence-corrected chi connectivity index (χ1v) is 12.4. The lowest BCUT2D eigenvalue weighted by Gasteiger charge is -2.24. The highest BCUT2D eigenvalue weighted by molar-refractivity contribution is 6.08. The molecule has 198 valence electrons. The number of anilines is 2. The van der Waals surface area contributed by atoms with Gasteiger partial charge in [0.2, 0.25) is 0 Å². The van der Waals surface area contributed by atoms with E-state index in [0.717, 1.165) is 47.2 Å². The van der Waals surface area contributed by atoms with E-state index in [2.05, 4.69) is 29.2 Å². The molecule has 0 spiro atoms. The number of amides is 1. The molecule has 1 aliphatic heterocycles. The van der Waals surface area contributed by atoms with E-state index in [1.54, 1.807) is 6.07 Å². The summed E-state index contributed by atoms with van der Waals surface area (Å²) in [7, 11) is 1.96. The van der Waals surface area contributed by atoms with E-state index in [4.69, 9.17) is 10.7 Å². The van der Waals surface area contributed by atoms with Gasteiger partial charge in [0, 0.05) is 37.7 Å². The smallest absolute Gasteiger partial charge is 0.276 e. The molecule has 11 heteroatoms. The predicted octanol–water partition coefficient (Wildman–Crippen LogP) is 3.70. The van der Waals surface area contributed by atoms with E-state index in [-0.39, 0.29) is 11.6 Å². The summed E-state index contributed by atoms with van der Waals surface area (Å²) < 4.78 is 31.3. The molecule has 1 fully saturated rings. The number of aryl methyl sites for hydroxylation is 1. The molecule has 1 atom stereocenters. The van der Waals surface area contributed by atoms with Gasteiger partial charge >= 0.3 is 0 Å². The van der Waals surface area contributed by atoms with Gasteiger partial charge in [-0.2, -0.15) is 9.78 Å². The molecule has 0 saturated carbocycles. The number of hydrogen-bond acceptors (Lipinski definition) is 6. The summed E-state index contributed by atoms with van der Waals surface area (Å²) in [5.74, 6) is -1.51. The van der Waals surface area contributed by atoms with Crippen molar-refractivity contribution in [3.63, 3.8) is 0 Å². The van der Waals surface area contributed by atoms with Crippen molar-refractivity contribution < 1.29 is 13.6 Å². The van der Waals surface area contributed by atoms with Crippen molar-refractivity contribution in [1.29, 1.82) is 0 Å². The van der Waals surface area contributed by atoms with E-state index in [0.29, 0.717) is 23.5 Å². The van der Waals surface area contributed by atoms with Gasteiger partial charge < -0.3 is 20.5 Å². The second kappa shape index (κ2) is 9.32. The fraction of sp³-hybridized carbons (Fsp3) is 0.333. The summed E-state index contributed by atoms with van der Waals surface area (Å²) in [5, 5.41) is 6.85. The number of carbonyl (C=O) groups excluding carboxylic acids is 1. The maximum atomic E-state index is 14.4. The molecule has 0 bridgehead atoms. The van der Waals surface area contributed by atoms with Crippen LogP contribution in [0.2, 0.25) is 0 Å². The number of rotatable bonds is 5. The quantitative estimate of drug-likeness (QED) is 0.414. The zero-order chi connectivity index (χ0) is 27.4. The number of halogens is 2. The molecule has 1 saturated heterocycles. The van der Waals surface area contributed by atoms with E-state index in [1.165, 1.54) is 12.1 Å². The third kappa shape index (κ3) is 4.43. The van der Waals surface area contributed by atoms with Crippen molar-refractivity contribution in [1.82, 2.24) is 19.3 Å². The van der Waals surface area contributed by atoms with Gasteiger partial charge in [-0.1, -0.05) is 19.9 Å². The Bertz CT molecular complexity index is 1600. The zero-order valence-corrected chi connectivity index (χ0v) is 21.6. The molecular weight excluding hydrogens is 492 g/mol. The number of nitrogens with two attached hydrogens (primary N) is 1. The third-order valence-corrected chi connectivity index (χ3v) is 6.83. The SMILES string of the molecule is CC(C)c1nc2c(N3CC[C@@](C)(N)C3)c(NC(=O)c3ccc(=O)n(-c4c(F)cccc4F)n3)ccc2n1C. The van der Waals surface area contributed by atoms with Crippen LogP contribution in [-0.2, 0) is 7.05 Å². The van der Waals surface area contributed by atoms with Crippen molar-refractivity contribution in [3.05, 3.63) is 76.0 Å². The number of imidazole rings is 1. The molecule has 0 aliphatic carbocycles. The normalized spacial score (nSPS) is 17.5. The number of para-hydroxylation sites is 1. The molecule has 1 amide bonds. The number of fused-ring (bicyclic) bond motifs is 1. The van der Waals surface area contributed by atoms with Gasteiger partial charge in [-0.15, -0.1) is 0 Å². The Balaban J connectivity index is 1.58. The Hall–Kier alpha value is -4.12. The zero-order valence-electron chi connectivity index (χ0n) is 21.6. The highest BCUT2D eigenvalue weighted by atomic mass is 19.1. The molecule has 0 radical (unpaired) electrons. The van der Waals surface area contributed by atoms with Gasteiger partial charge in [0.25, 0.3) is 11.5 Å². The molecule has 9 nitrogen and oxygen atoms in total. The number of aromatic nitrogens is 4. The molecule has 0 unspecified atom stereocenters. The first-order chi connectivity index (χ1) is 18.0. The van der Waals surface area contributed by atoms with Crippen molar-refractivity contribution in [2.45, 2.75) is 38.6 Å². The molecule has 38 heavy (non-hydrogen) atoms. The van der Waals surface area contributed by atoms with E-state index in [1.807, 2.05) is 24.6 Å². The fourth-order valence-electron chi connectivity index (χ4n) is 4.95. The fourth-order valence-corrected chi connectivity index (χ4v) is 4.95. The topological polar surface area (TPSA) is 111 Å². The molecule has 5 rings (SSSR count). The predicted molar refractivity (Wildman–Crippen MR) is 142 cm³/mol. The highest BCUT2D eigenvalue weighted by Gasteiger charge is 2.33. The van der Waals surface area contributed by atoms with Gasteiger partial charge in [0.05, 0.1) is 16.9 Å². The third-order valence-electron chi connectivity index (χ3n) is 6.83. The summed E-state index contributed by atoms with van der Waals surface area (Å²) in [6.07, 6.45) is 0.765. The van der Waals surface area contributed by atoms with Crippen LogP contribution in [0.3, 0.4) is 0 Å². The molecule has 4 aromatic rings. The minimum atomic E-state index is -0.972. The summed E-state index contributed by atoms with van der Waals surface area (Å²) in [4.78, 5) is 32.8. The van der Waals surface area contributed by atoms with Crippen LogP contribution in [0.25, 0.3) is 16.7 Å². The summed E-state index contributed by atoms with van der Waals surface area (Å²) >= 11 is 0. The monoisotopic (exact) mass is 521 g/mol. The molecule has 2 aromatic heterocycles.